The maximum Gasteiger partial charge on any atom is 0.472 e. The first-order chi connectivity index (χ1) is 22.1. The average Bonchev–Trinajstić information content (AvgIpc) is 3.00. The molecule has 0 radical (unpaired) electrons. The predicted molar refractivity (Wildman–Crippen MR) is 192 cm³/mol. The zero-order chi connectivity index (χ0) is 34.2. The SMILES string of the molecule is CC/C=C\C/C=C\C/C=C\C/C=C\C/C=C\CCCCCCCCCCOCC(COP(=O)(O)OCC[N+](C)(C)C)OC(=O)CC. The number of ether oxygens (including phenoxy) is 2. The van der Waals surface area contributed by atoms with Crippen LogP contribution in [0.3, 0.4) is 0 Å². The molecule has 0 fully saturated rings. The standard InChI is InChI=1S/C37H66NO7P/c1-6-8-9-10-11-12-13-14-15-16-17-18-19-20-21-22-23-24-25-26-27-28-29-30-32-42-34-36(45-37(39)7-2)35-44-46(40,41)43-33-31-38(3,4)5/h8-9,11-12,14-15,17-18,20-21,36H,6-7,10,13,16,19,22-35H2,1-5H3/p+1/b9-8-,12-11-,15-14-,18-17-,21-20-. The summed E-state index contributed by atoms with van der Waals surface area (Å²) in [6, 6.07) is 0. The molecule has 266 valence electrons. The van der Waals surface area contributed by atoms with Crippen LogP contribution in [0.2, 0.25) is 0 Å². The lowest BCUT2D eigenvalue weighted by Crippen LogP contribution is -2.37. The lowest BCUT2D eigenvalue weighted by molar-refractivity contribution is -0.870. The molecule has 0 rings (SSSR count). The molecule has 0 aromatic heterocycles. The summed E-state index contributed by atoms with van der Waals surface area (Å²) in [6.45, 7) is 4.88. The van der Waals surface area contributed by atoms with Crippen molar-refractivity contribution in [1.82, 2.24) is 0 Å². The van der Waals surface area contributed by atoms with Gasteiger partial charge in [0.05, 0.1) is 34.4 Å². The highest BCUT2D eigenvalue weighted by molar-refractivity contribution is 7.47. The smallest absolute Gasteiger partial charge is 0.457 e. The fraction of sp³-hybridized carbons (Fsp3) is 0.703. The second-order valence-corrected chi connectivity index (χ2v) is 13.9. The predicted octanol–water partition coefficient (Wildman–Crippen LogP) is 9.43. The number of esters is 1. The van der Waals surface area contributed by atoms with Crippen LogP contribution in [0.1, 0.15) is 110 Å². The molecule has 0 aliphatic carbocycles. The fourth-order valence-corrected chi connectivity index (χ4v) is 4.88. The molecule has 0 heterocycles. The van der Waals surface area contributed by atoms with Crippen LogP contribution in [0.5, 0.6) is 0 Å². The van der Waals surface area contributed by atoms with Crippen molar-refractivity contribution >= 4 is 13.8 Å². The molecule has 0 saturated heterocycles. The molecule has 1 N–H and O–H groups in total. The molecule has 0 aromatic rings. The van der Waals surface area contributed by atoms with Gasteiger partial charge in [-0.25, -0.2) is 4.57 Å². The molecule has 2 unspecified atom stereocenters. The highest BCUT2D eigenvalue weighted by Gasteiger charge is 2.26. The molecule has 0 spiro atoms. The van der Waals surface area contributed by atoms with E-state index in [1.165, 1.54) is 38.5 Å². The van der Waals surface area contributed by atoms with E-state index in [2.05, 4.69) is 67.7 Å². The maximum absolute atomic E-state index is 12.2. The number of carbonyl (C=O) groups excluding carboxylic acids is 1. The summed E-state index contributed by atoms with van der Waals surface area (Å²) in [6.07, 6.45) is 37.6. The van der Waals surface area contributed by atoms with E-state index in [0.29, 0.717) is 17.6 Å². The molecule has 0 amide bonds. The second kappa shape index (κ2) is 30.5. The zero-order valence-electron chi connectivity index (χ0n) is 29.8. The van der Waals surface area contributed by atoms with Crippen LogP contribution in [0, 0.1) is 0 Å². The monoisotopic (exact) mass is 668 g/mol. The van der Waals surface area contributed by atoms with Crippen LogP contribution in [0.15, 0.2) is 60.8 Å². The number of phosphoric ester groups is 1. The highest BCUT2D eigenvalue weighted by Crippen LogP contribution is 2.43. The van der Waals surface area contributed by atoms with E-state index >= 15 is 0 Å². The molecular weight excluding hydrogens is 601 g/mol. The zero-order valence-corrected chi connectivity index (χ0v) is 30.7. The summed E-state index contributed by atoms with van der Waals surface area (Å²) < 4.78 is 33.9. The van der Waals surface area contributed by atoms with Gasteiger partial charge in [0.25, 0.3) is 0 Å². The largest absolute Gasteiger partial charge is 0.472 e. The number of likely N-dealkylation sites (N-methyl/N-ethyl adjacent to an activating group) is 1. The first-order valence-electron chi connectivity index (χ1n) is 17.5. The number of hydrogen-bond acceptors (Lipinski definition) is 6. The molecule has 46 heavy (non-hydrogen) atoms. The lowest BCUT2D eigenvalue weighted by atomic mass is 10.1. The Kier molecular flexibility index (Phi) is 29.3. The topological polar surface area (TPSA) is 91.3 Å². The third-order valence-corrected chi connectivity index (χ3v) is 7.88. The molecule has 0 aliphatic heterocycles. The van der Waals surface area contributed by atoms with Gasteiger partial charge >= 0.3 is 13.8 Å². The third kappa shape index (κ3) is 33.6. The van der Waals surface area contributed by atoms with E-state index in [4.69, 9.17) is 18.5 Å². The molecule has 0 aromatic carbocycles. The van der Waals surface area contributed by atoms with Crippen LogP contribution in [-0.4, -0.2) is 75.6 Å². The maximum atomic E-state index is 12.2. The van der Waals surface area contributed by atoms with Gasteiger partial charge in [0, 0.05) is 13.0 Å². The van der Waals surface area contributed by atoms with Crippen molar-refractivity contribution < 1.29 is 37.3 Å². The summed E-state index contributed by atoms with van der Waals surface area (Å²) in [5, 5.41) is 0. The molecule has 0 bridgehead atoms. The van der Waals surface area contributed by atoms with Crippen molar-refractivity contribution in [3.05, 3.63) is 60.8 Å². The average molecular weight is 669 g/mol. The van der Waals surface area contributed by atoms with Gasteiger partial charge in [-0.3, -0.25) is 13.8 Å². The number of carbonyl (C=O) groups is 1. The number of quaternary nitrogens is 1. The van der Waals surface area contributed by atoms with E-state index in [9.17, 15) is 14.3 Å². The Morgan fingerprint density at radius 2 is 1.17 bits per heavy atom. The number of nitrogens with zero attached hydrogens (tertiary/aromatic N) is 1. The summed E-state index contributed by atoms with van der Waals surface area (Å²) in [5.41, 5.74) is 0. The van der Waals surface area contributed by atoms with Gasteiger partial charge in [0.1, 0.15) is 19.3 Å². The summed E-state index contributed by atoms with van der Waals surface area (Å²) in [5.74, 6) is -0.409. The van der Waals surface area contributed by atoms with E-state index in [-0.39, 0.29) is 26.2 Å². The number of allylic oxidation sites excluding steroid dienone is 10. The summed E-state index contributed by atoms with van der Waals surface area (Å²) >= 11 is 0. The summed E-state index contributed by atoms with van der Waals surface area (Å²) in [7, 11) is 1.64. The number of unbranched alkanes of at least 4 members (excludes halogenated alkanes) is 8. The minimum absolute atomic E-state index is 0.0816. The van der Waals surface area contributed by atoms with E-state index in [1.807, 2.05) is 21.1 Å². The minimum Gasteiger partial charge on any atom is -0.457 e. The van der Waals surface area contributed by atoms with Crippen LogP contribution in [-0.2, 0) is 27.9 Å². The quantitative estimate of drug-likeness (QED) is 0.0259. The van der Waals surface area contributed by atoms with Gasteiger partial charge in [-0.05, 0) is 51.4 Å². The lowest BCUT2D eigenvalue weighted by Gasteiger charge is -2.24. The molecule has 8 nitrogen and oxygen atoms in total. The van der Waals surface area contributed by atoms with Crippen LogP contribution < -0.4 is 0 Å². The Morgan fingerprint density at radius 1 is 0.674 bits per heavy atom. The van der Waals surface area contributed by atoms with Crippen molar-refractivity contribution in [3.63, 3.8) is 0 Å². The van der Waals surface area contributed by atoms with Crippen LogP contribution in [0.4, 0.5) is 0 Å². The van der Waals surface area contributed by atoms with Gasteiger partial charge in [-0.15, -0.1) is 0 Å². The Hall–Kier alpha value is -1.80. The number of rotatable bonds is 31. The van der Waals surface area contributed by atoms with Gasteiger partial charge in [-0.2, -0.15) is 0 Å². The second-order valence-electron chi connectivity index (χ2n) is 12.5. The summed E-state index contributed by atoms with van der Waals surface area (Å²) in [4.78, 5) is 21.7. The molecule has 9 heteroatoms. The van der Waals surface area contributed by atoms with Gasteiger partial charge in [0.2, 0.25) is 0 Å². The number of hydrogen-bond donors (Lipinski definition) is 1. The minimum atomic E-state index is -4.24. The van der Waals surface area contributed by atoms with Gasteiger partial charge in [-0.1, -0.05) is 113 Å². The van der Waals surface area contributed by atoms with Crippen molar-refractivity contribution in [2.45, 2.75) is 116 Å². The van der Waals surface area contributed by atoms with Crippen LogP contribution >= 0.6 is 7.82 Å². The first kappa shape index (κ1) is 44.2. The molecule has 0 aliphatic rings. The molecular formula is C37H67NO7P+. The Labute approximate surface area is 281 Å². The van der Waals surface area contributed by atoms with Crippen molar-refractivity contribution in [3.8, 4) is 0 Å². The van der Waals surface area contributed by atoms with Crippen molar-refractivity contribution in [1.29, 1.82) is 0 Å². The van der Waals surface area contributed by atoms with E-state index < -0.39 is 19.9 Å². The first-order valence-corrected chi connectivity index (χ1v) is 19.0. The molecule has 0 saturated carbocycles. The highest BCUT2D eigenvalue weighted by atomic mass is 31.2. The van der Waals surface area contributed by atoms with Crippen molar-refractivity contribution in [2.24, 2.45) is 0 Å². The molecule has 2 atom stereocenters. The van der Waals surface area contributed by atoms with Gasteiger partial charge in [0.15, 0.2) is 0 Å². The fourth-order valence-electron chi connectivity index (χ4n) is 4.14. The Balaban J connectivity index is 3.79. The van der Waals surface area contributed by atoms with E-state index in [0.717, 1.165) is 51.4 Å². The Morgan fingerprint density at radius 3 is 1.70 bits per heavy atom. The van der Waals surface area contributed by atoms with Gasteiger partial charge < -0.3 is 18.9 Å². The normalized spacial score (nSPS) is 14.8. The van der Waals surface area contributed by atoms with Crippen molar-refractivity contribution in [2.75, 3.05) is 54.1 Å². The van der Waals surface area contributed by atoms with E-state index in [1.54, 1.807) is 6.92 Å². The van der Waals surface area contributed by atoms with Crippen LogP contribution in [0.25, 0.3) is 0 Å². The Bertz CT molecular complexity index is 921. The third-order valence-electron chi connectivity index (χ3n) is 6.90. The number of phosphoric acid groups is 1.